The first-order valence-corrected chi connectivity index (χ1v) is 7.20. The summed E-state index contributed by atoms with van der Waals surface area (Å²) < 4.78 is 5.71. The number of unbranched alkanes of at least 4 members (excludes halogenated alkanes) is 1. The van der Waals surface area contributed by atoms with E-state index in [2.05, 4.69) is 19.6 Å². The highest BCUT2D eigenvalue weighted by atomic mass is 32.1. The first kappa shape index (κ1) is 14.7. The van der Waals surface area contributed by atoms with Crippen LogP contribution in [0.3, 0.4) is 0 Å². The molecule has 0 N–H and O–H groups in total. The maximum Gasteiger partial charge on any atom is 0.151 e. The van der Waals surface area contributed by atoms with Crippen molar-refractivity contribution in [3.8, 4) is 16.9 Å². The van der Waals surface area contributed by atoms with Crippen molar-refractivity contribution in [1.29, 1.82) is 0 Å². The first-order valence-electron chi connectivity index (χ1n) is 6.76. The highest BCUT2D eigenvalue weighted by molar-refractivity contribution is 7.80. The van der Waals surface area contributed by atoms with E-state index in [1.54, 1.807) is 6.07 Å². The molecule has 0 aliphatic rings. The summed E-state index contributed by atoms with van der Waals surface area (Å²) in [5, 5.41) is 0. The average Bonchev–Trinajstić information content (AvgIpc) is 2.48. The molecule has 0 saturated carbocycles. The quantitative estimate of drug-likeness (QED) is 0.476. The highest BCUT2D eigenvalue weighted by Crippen LogP contribution is 2.27. The Hall–Kier alpha value is -1.74. The van der Waals surface area contributed by atoms with Crippen LogP contribution in [0.2, 0.25) is 0 Å². The van der Waals surface area contributed by atoms with Gasteiger partial charge in [0, 0.05) is 10.5 Å². The van der Waals surface area contributed by atoms with Crippen molar-refractivity contribution in [3.63, 3.8) is 0 Å². The minimum Gasteiger partial charge on any atom is -0.494 e. The minimum absolute atomic E-state index is 0.604. The van der Waals surface area contributed by atoms with Gasteiger partial charge in [0.1, 0.15) is 5.75 Å². The van der Waals surface area contributed by atoms with Gasteiger partial charge in [0.15, 0.2) is 6.29 Å². The predicted molar refractivity (Wildman–Crippen MR) is 84.9 cm³/mol. The van der Waals surface area contributed by atoms with E-state index in [9.17, 15) is 4.79 Å². The molecule has 3 heteroatoms. The molecule has 2 nitrogen and oxygen atoms in total. The molecule has 0 aliphatic heterocycles. The number of hydrogen-bond acceptors (Lipinski definition) is 3. The summed E-state index contributed by atoms with van der Waals surface area (Å²) >= 11 is 4.33. The molecular weight excluding hydrogens is 268 g/mol. The van der Waals surface area contributed by atoms with Gasteiger partial charge >= 0.3 is 0 Å². The number of benzene rings is 2. The lowest BCUT2D eigenvalue weighted by Crippen LogP contribution is -1.96. The second-order valence-electron chi connectivity index (χ2n) is 4.62. The third-order valence-electron chi connectivity index (χ3n) is 3.09. The summed E-state index contributed by atoms with van der Waals surface area (Å²) in [6, 6.07) is 13.6. The van der Waals surface area contributed by atoms with Crippen molar-refractivity contribution < 1.29 is 9.53 Å². The van der Waals surface area contributed by atoms with Crippen molar-refractivity contribution >= 4 is 18.9 Å². The number of carbonyl (C=O) groups is 1. The summed E-state index contributed by atoms with van der Waals surface area (Å²) in [5.74, 6) is 0.871. The monoisotopic (exact) mass is 286 g/mol. The largest absolute Gasteiger partial charge is 0.494 e. The zero-order valence-electron chi connectivity index (χ0n) is 11.5. The molecule has 104 valence electrons. The number of aldehydes is 1. The standard InChI is InChI=1S/C17H18O2S/c1-2-3-9-19-16-6-4-5-13(10-16)14-7-8-15(12-18)17(20)11-14/h4-8,10-12,20H,2-3,9H2,1H3. The smallest absolute Gasteiger partial charge is 0.151 e. The fourth-order valence-electron chi connectivity index (χ4n) is 1.92. The average molecular weight is 286 g/mol. The Morgan fingerprint density at radius 1 is 1.15 bits per heavy atom. The molecule has 2 rings (SSSR count). The van der Waals surface area contributed by atoms with Crippen LogP contribution in [0.5, 0.6) is 5.75 Å². The van der Waals surface area contributed by atoms with Gasteiger partial charge in [-0.05, 0) is 41.8 Å². The Bertz CT molecular complexity index is 593. The lowest BCUT2D eigenvalue weighted by atomic mass is 10.0. The van der Waals surface area contributed by atoms with Gasteiger partial charge in [-0.2, -0.15) is 0 Å². The molecule has 0 unspecified atom stereocenters. The highest BCUT2D eigenvalue weighted by Gasteiger charge is 2.03. The van der Waals surface area contributed by atoms with Crippen LogP contribution in [0.25, 0.3) is 11.1 Å². The predicted octanol–water partition coefficient (Wildman–Crippen LogP) is 4.63. The third kappa shape index (κ3) is 3.64. The third-order valence-corrected chi connectivity index (χ3v) is 3.48. The van der Waals surface area contributed by atoms with Crippen LogP contribution in [0, 0.1) is 0 Å². The zero-order chi connectivity index (χ0) is 14.4. The maximum absolute atomic E-state index is 10.8. The van der Waals surface area contributed by atoms with Crippen LogP contribution in [0.1, 0.15) is 30.1 Å². The minimum atomic E-state index is 0.604. The fourth-order valence-corrected chi connectivity index (χ4v) is 2.19. The molecule has 0 radical (unpaired) electrons. The Labute approximate surface area is 125 Å². The Morgan fingerprint density at radius 2 is 1.95 bits per heavy atom. The molecule has 0 fully saturated rings. The van der Waals surface area contributed by atoms with Crippen LogP contribution in [0.15, 0.2) is 47.4 Å². The van der Waals surface area contributed by atoms with E-state index in [4.69, 9.17) is 4.74 Å². The van der Waals surface area contributed by atoms with Gasteiger partial charge in [-0.25, -0.2) is 0 Å². The van der Waals surface area contributed by atoms with E-state index in [1.165, 1.54) is 0 Å². The summed E-state index contributed by atoms with van der Waals surface area (Å²) in [7, 11) is 0. The van der Waals surface area contributed by atoms with Gasteiger partial charge in [0.05, 0.1) is 6.61 Å². The molecule has 0 spiro atoms. The second-order valence-corrected chi connectivity index (χ2v) is 5.10. The van der Waals surface area contributed by atoms with E-state index in [0.717, 1.165) is 42.6 Å². The van der Waals surface area contributed by atoms with Crippen molar-refractivity contribution in [2.75, 3.05) is 6.61 Å². The molecule has 0 aliphatic carbocycles. The molecular formula is C17H18O2S. The van der Waals surface area contributed by atoms with Crippen LogP contribution in [0.4, 0.5) is 0 Å². The Balaban J connectivity index is 2.22. The van der Waals surface area contributed by atoms with E-state index in [0.29, 0.717) is 10.5 Å². The summed E-state index contributed by atoms with van der Waals surface area (Å²) in [4.78, 5) is 11.5. The van der Waals surface area contributed by atoms with Gasteiger partial charge in [-0.1, -0.05) is 31.5 Å². The Kier molecular flexibility index (Phi) is 5.24. The zero-order valence-corrected chi connectivity index (χ0v) is 12.4. The van der Waals surface area contributed by atoms with Crippen LogP contribution >= 0.6 is 12.6 Å². The number of rotatable bonds is 6. The molecule has 0 bridgehead atoms. The van der Waals surface area contributed by atoms with Gasteiger partial charge in [0.2, 0.25) is 0 Å². The number of hydrogen-bond donors (Lipinski definition) is 1. The van der Waals surface area contributed by atoms with Crippen molar-refractivity contribution in [1.82, 2.24) is 0 Å². The molecule has 0 amide bonds. The van der Waals surface area contributed by atoms with Gasteiger partial charge in [-0.3, -0.25) is 4.79 Å². The van der Waals surface area contributed by atoms with E-state index in [1.807, 2.05) is 36.4 Å². The first-order chi connectivity index (χ1) is 9.74. The van der Waals surface area contributed by atoms with Crippen LogP contribution < -0.4 is 4.74 Å². The van der Waals surface area contributed by atoms with Crippen molar-refractivity contribution in [2.45, 2.75) is 24.7 Å². The maximum atomic E-state index is 10.8. The summed E-state index contributed by atoms with van der Waals surface area (Å²) in [5.41, 5.74) is 2.70. The number of ether oxygens (including phenoxy) is 1. The Morgan fingerprint density at radius 3 is 2.65 bits per heavy atom. The van der Waals surface area contributed by atoms with Gasteiger partial charge in [-0.15, -0.1) is 12.6 Å². The normalized spacial score (nSPS) is 10.3. The van der Waals surface area contributed by atoms with Crippen LogP contribution in [-0.2, 0) is 0 Å². The van der Waals surface area contributed by atoms with E-state index < -0.39 is 0 Å². The molecule has 0 saturated heterocycles. The summed E-state index contributed by atoms with van der Waals surface area (Å²) in [6.45, 7) is 2.88. The topological polar surface area (TPSA) is 26.3 Å². The lowest BCUT2D eigenvalue weighted by molar-refractivity contribution is 0.112. The SMILES string of the molecule is CCCCOc1cccc(-c2ccc(C=O)c(S)c2)c1. The molecule has 20 heavy (non-hydrogen) atoms. The van der Waals surface area contributed by atoms with Gasteiger partial charge in [0.25, 0.3) is 0 Å². The molecule has 0 heterocycles. The van der Waals surface area contributed by atoms with Gasteiger partial charge < -0.3 is 4.74 Å². The number of thiol groups is 1. The van der Waals surface area contributed by atoms with E-state index >= 15 is 0 Å². The second kappa shape index (κ2) is 7.15. The molecule has 2 aromatic carbocycles. The fraction of sp³-hybridized carbons (Fsp3) is 0.235. The molecule has 0 atom stereocenters. The van der Waals surface area contributed by atoms with E-state index in [-0.39, 0.29) is 0 Å². The molecule has 2 aromatic rings. The van der Waals surface area contributed by atoms with Crippen LogP contribution in [-0.4, -0.2) is 12.9 Å². The lowest BCUT2D eigenvalue weighted by Gasteiger charge is -2.08. The molecule has 0 aromatic heterocycles. The summed E-state index contributed by atoms with van der Waals surface area (Å²) in [6.07, 6.45) is 2.99. The number of carbonyl (C=O) groups excluding carboxylic acids is 1. The van der Waals surface area contributed by atoms with Crippen molar-refractivity contribution in [3.05, 3.63) is 48.0 Å². The van der Waals surface area contributed by atoms with Crippen molar-refractivity contribution in [2.24, 2.45) is 0 Å².